The molecule has 8 heteroatoms. The Bertz CT molecular complexity index is 626. The molecule has 26 heavy (non-hydrogen) atoms. The Morgan fingerprint density at radius 3 is 2.46 bits per heavy atom. The second-order valence-corrected chi connectivity index (χ2v) is 6.27. The van der Waals surface area contributed by atoms with E-state index in [1.807, 2.05) is 6.92 Å². The van der Waals surface area contributed by atoms with E-state index < -0.39 is 11.7 Å². The molecular weight excluding hydrogens is 347 g/mol. The fourth-order valence-electron chi connectivity index (χ4n) is 2.91. The molecule has 1 heterocycles. The molecule has 1 aliphatic rings. The van der Waals surface area contributed by atoms with E-state index in [1.54, 1.807) is 4.90 Å². The van der Waals surface area contributed by atoms with Gasteiger partial charge in [0.2, 0.25) is 0 Å². The van der Waals surface area contributed by atoms with Crippen molar-refractivity contribution in [3.8, 4) is 0 Å². The van der Waals surface area contributed by atoms with Gasteiger partial charge in [-0.1, -0.05) is 12.1 Å². The number of nitrogens with zero attached hydrogens (tertiary/aromatic N) is 2. The molecule has 0 aromatic heterocycles. The molecule has 2 rings (SSSR count). The van der Waals surface area contributed by atoms with Crippen LogP contribution in [0.2, 0.25) is 0 Å². The van der Waals surface area contributed by atoms with Gasteiger partial charge < -0.3 is 10.2 Å². The third-order valence-electron chi connectivity index (χ3n) is 4.38. The van der Waals surface area contributed by atoms with Crippen LogP contribution in [0.15, 0.2) is 24.3 Å². The lowest BCUT2D eigenvalue weighted by Gasteiger charge is -2.34. The topological polar surface area (TPSA) is 52.7 Å². The Morgan fingerprint density at radius 2 is 1.85 bits per heavy atom. The highest BCUT2D eigenvalue weighted by atomic mass is 19.4. The van der Waals surface area contributed by atoms with Gasteiger partial charge in [0.15, 0.2) is 5.78 Å². The highest BCUT2D eigenvalue weighted by molar-refractivity contribution is 5.96. The van der Waals surface area contributed by atoms with Crippen LogP contribution in [0.25, 0.3) is 0 Å². The van der Waals surface area contributed by atoms with Crippen molar-refractivity contribution < 1.29 is 22.8 Å². The summed E-state index contributed by atoms with van der Waals surface area (Å²) in [6.07, 6.45) is -3.66. The minimum absolute atomic E-state index is 0.0631. The van der Waals surface area contributed by atoms with Gasteiger partial charge in [0, 0.05) is 44.7 Å². The Labute approximate surface area is 151 Å². The number of rotatable bonds is 6. The zero-order valence-electron chi connectivity index (χ0n) is 14.8. The number of urea groups is 1. The lowest BCUT2D eigenvalue weighted by molar-refractivity contribution is -0.137. The van der Waals surface area contributed by atoms with Crippen molar-refractivity contribution in [2.45, 2.75) is 25.9 Å². The highest BCUT2D eigenvalue weighted by Gasteiger charge is 2.30. The normalized spacial score (nSPS) is 15.8. The second-order valence-electron chi connectivity index (χ2n) is 6.27. The summed E-state index contributed by atoms with van der Waals surface area (Å²) < 4.78 is 38.1. The number of benzene rings is 1. The standard InChI is InChI=1S/C18H24F3N3O2/c1-2-22-17(26)24-11-9-23(10-12-24)8-4-7-16(25)14-5-3-6-15(13-14)18(19,20)21/h3,5-6,13H,2,4,7-12H2,1H3,(H,22,26). The van der Waals surface area contributed by atoms with Gasteiger partial charge in [-0.2, -0.15) is 13.2 Å². The first-order valence-corrected chi connectivity index (χ1v) is 8.77. The van der Waals surface area contributed by atoms with Crippen LogP contribution < -0.4 is 5.32 Å². The van der Waals surface area contributed by atoms with Crippen LogP contribution in [0.4, 0.5) is 18.0 Å². The van der Waals surface area contributed by atoms with Crippen LogP contribution in [0.1, 0.15) is 35.7 Å². The smallest absolute Gasteiger partial charge is 0.338 e. The number of hydrogen-bond donors (Lipinski definition) is 1. The van der Waals surface area contributed by atoms with E-state index in [2.05, 4.69) is 10.2 Å². The maximum absolute atomic E-state index is 12.7. The summed E-state index contributed by atoms with van der Waals surface area (Å²) in [5.41, 5.74) is -0.703. The predicted molar refractivity (Wildman–Crippen MR) is 92.1 cm³/mol. The molecule has 144 valence electrons. The predicted octanol–water partition coefficient (Wildman–Crippen LogP) is 3.02. The molecule has 5 nitrogen and oxygen atoms in total. The molecule has 1 aliphatic heterocycles. The minimum atomic E-state index is -4.44. The number of ketones is 1. The van der Waals surface area contributed by atoms with Crippen LogP contribution in [0, 0.1) is 0 Å². The van der Waals surface area contributed by atoms with Crippen LogP contribution in [0.3, 0.4) is 0 Å². The van der Waals surface area contributed by atoms with Gasteiger partial charge in [-0.25, -0.2) is 4.79 Å². The molecule has 1 aromatic carbocycles. The van der Waals surface area contributed by atoms with E-state index in [0.29, 0.717) is 32.6 Å². The van der Waals surface area contributed by atoms with E-state index >= 15 is 0 Å². The van der Waals surface area contributed by atoms with Gasteiger partial charge in [0.1, 0.15) is 0 Å². The molecule has 1 aromatic rings. The van der Waals surface area contributed by atoms with Crippen molar-refractivity contribution in [1.82, 2.24) is 15.1 Å². The summed E-state index contributed by atoms with van der Waals surface area (Å²) in [7, 11) is 0. The zero-order valence-corrected chi connectivity index (χ0v) is 14.8. The zero-order chi connectivity index (χ0) is 19.2. The van der Waals surface area contributed by atoms with Crippen molar-refractivity contribution in [3.05, 3.63) is 35.4 Å². The summed E-state index contributed by atoms with van der Waals surface area (Å²) in [6.45, 7) is 5.88. The van der Waals surface area contributed by atoms with E-state index in [4.69, 9.17) is 0 Å². The number of alkyl halides is 3. The number of hydrogen-bond acceptors (Lipinski definition) is 3. The van der Waals surface area contributed by atoms with Crippen molar-refractivity contribution in [2.75, 3.05) is 39.3 Å². The number of carbonyl (C=O) groups excluding carboxylic acids is 2. The summed E-state index contributed by atoms with van der Waals surface area (Å²) in [6, 6.07) is 4.49. The maximum atomic E-state index is 12.7. The van der Waals surface area contributed by atoms with Crippen LogP contribution >= 0.6 is 0 Å². The molecule has 1 fully saturated rings. The van der Waals surface area contributed by atoms with Crippen LogP contribution in [-0.2, 0) is 6.18 Å². The van der Waals surface area contributed by atoms with Crippen molar-refractivity contribution in [1.29, 1.82) is 0 Å². The molecule has 0 unspecified atom stereocenters. The Hall–Kier alpha value is -2.09. The monoisotopic (exact) mass is 371 g/mol. The average Bonchev–Trinajstić information content (AvgIpc) is 2.62. The molecule has 0 radical (unpaired) electrons. The molecule has 0 bridgehead atoms. The highest BCUT2D eigenvalue weighted by Crippen LogP contribution is 2.29. The number of halogens is 3. The molecule has 0 saturated carbocycles. The van der Waals surface area contributed by atoms with Crippen LogP contribution in [0.5, 0.6) is 0 Å². The van der Waals surface area contributed by atoms with Gasteiger partial charge >= 0.3 is 12.2 Å². The van der Waals surface area contributed by atoms with E-state index in [1.165, 1.54) is 12.1 Å². The summed E-state index contributed by atoms with van der Waals surface area (Å²) in [4.78, 5) is 27.8. The largest absolute Gasteiger partial charge is 0.416 e. The number of piperazine rings is 1. The summed E-state index contributed by atoms with van der Waals surface area (Å²) in [5, 5.41) is 2.77. The minimum Gasteiger partial charge on any atom is -0.338 e. The SMILES string of the molecule is CCNC(=O)N1CCN(CCCC(=O)c2cccc(C(F)(F)F)c2)CC1. The van der Waals surface area contributed by atoms with E-state index in [9.17, 15) is 22.8 Å². The van der Waals surface area contributed by atoms with Gasteiger partial charge in [-0.3, -0.25) is 9.69 Å². The first-order chi connectivity index (χ1) is 12.3. The van der Waals surface area contributed by atoms with E-state index in [-0.39, 0.29) is 23.8 Å². The molecule has 2 amide bonds. The third kappa shape index (κ3) is 5.72. The van der Waals surface area contributed by atoms with Gasteiger partial charge in [0.05, 0.1) is 5.56 Å². The number of Topliss-reactive ketones (excluding diaryl/α,β-unsaturated/α-hetero) is 1. The first kappa shape index (κ1) is 20.2. The summed E-state index contributed by atoms with van der Waals surface area (Å²) in [5.74, 6) is -0.281. The Kier molecular flexibility index (Phi) is 7.02. The molecule has 1 N–H and O–H groups in total. The second kappa shape index (κ2) is 9.02. The molecule has 0 atom stereocenters. The number of amides is 2. The summed E-state index contributed by atoms with van der Waals surface area (Å²) >= 11 is 0. The van der Waals surface area contributed by atoms with Crippen molar-refractivity contribution >= 4 is 11.8 Å². The quantitative estimate of drug-likeness (QED) is 0.782. The number of nitrogens with one attached hydrogen (secondary N) is 1. The fraction of sp³-hybridized carbons (Fsp3) is 0.556. The molecule has 0 aliphatic carbocycles. The van der Waals surface area contributed by atoms with Gasteiger partial charge in [-0.15, -0.1) is 0 Å². The average molecular weight is 371 g/mol. The van der Waals surface area contributed by atoms with Gasteiger partial charge in [0.25, 0.3) is 0 Å². The van der Waals surface area contributed by atoms with Gasteiger partial charge in [-0.05, 0) is 32.0 Å². The molecule has 0 spiro atoms. The van der Waals surface area contributed by atoms with E-state index in [0.717, 1.165) is 25.2 Å². The van der Waals surface area contributed by atoms with Crippen molar-refractivity contribution in [2.24, 2.45) is 0 Å². The lowest BCUT2D eigenvalue weighted by atomic mass is 10.0. The first-order valence-electron chi connectivity index (χ1n) is 8.77. The Balaban J connectivity index is 1.75. The molecular formula is C18H24F3N3O2. The van der Waals surface area contributed by atoms with Crippen molar-refractivity contribution in [3.63, 3.8) is 0 Å². The molecule has 1 saturated heterocycles. The maximum Gasteiger partial charge on any atom is 0.416 e. The van der Waals surface area contributed by atoms with Crippen LogP contribution in [-0.4, -0.2) is 60.9 Å². The lowest BCUT2D eigenvalue weighted by Crippen LogP contribution is -2.51. The Morgan fingerprint density at radius 1 is 1.15 bits per heavy atom. The fourth-order valence-corrected chi connectivity index (χ4v) is 2.91. The third-order valence-corrected chi connectivity index (χ3v) is 4.38. The number of carbonyl (C=O) groups is 2.